The molecule has 0 saturated heterocycles. The molecule has 0 amide bonds. The fraction of sp³-hybridized carbons (Fsp3) is 1.00. The quantitative estimate of drug-likeness (QED) is 0.422. The molecule has 0 rings (SSSR count). The molecule has 0 aliphatic rings. The SMILES string of the molecule is CCCCCCCC.[H-].[Na+].[O]=[AlH]. The average molecular weight is 182 g/mol. The zero-order chi connectivity index (χ0) is 8.24. The van der Waals surface area contributed by atoms with Crippen molar-refractivity contribution in [3.05, 3.63) is 0 Å². The minimum atomic E-state index is 0. The van der Waals surface area contributed by atoms with Crippen molar-refractivity contribution in [2.24, 2.45) is 0 Å². The van der Waals surface area contributed by atoms with Gasteiger partial charge in [0.25, 0.3) is 0 Å². The van der Waals surface area contributed by atoms with Gasteiger partial charge in [0.2, 0.25) is 0 Å². The molecule has 0 aromatic rings. The Morgan fingerprint density at radius 3 is 1.36 bits per heavy atom. The Morgan fingerprint density at radius 1 is 0.909 bits per heavy atom. The molecule has 0 fully saturated rings. The van der Waals surface area contributed by atoms with Crippen molar-refractivity contribution < 1.29 is 34.8 Å². The number of hydrogen-bond donors (Lipinski definition) is 0. The zero-order valence-corrected chi connectivity index (χ0v) is 11.8. The molecule has 0 aromatic carbocycles. The Kier molecular flexibility index (Phi) is 37.2. The van der Waals surface area contributed by atoms with Crippen LogP contribution in [0.15, 0.2) is 0 Å². The normalized spacial score (nSPS) is 7.36. The van der Waals surface area contributed by atoms with Crippen LogP contribution in [0.2, 0.25) is 0 Å². The van der Waals surface area contributed by atoms with Crippen LogP contribution in [0.5, 0.6) is 0 Å². The summed E-state index contributed by atoms with van der Waals surface area (Å²) < 4.78 is 8.28. The fourth-order valence-electron chi connectivity index (χ4n) is 0.854. The molecule has 0 atom stereocenters. The number of rotatable bonds is 5. The van der Waals surface area contributed by atoms with Gasteiger partial charge in [-0.15, -0.1) is 0 Å². The molecule has 0 spiro atoms. The van der Waals surface area contributed by atoms with Crippen molar-refractivity contribution in [2.75, 3.05) is 0 Å². The van der Waals surface area contributed by atoms with E-state index in [-0.39, 0.29) is 31.0 Å². The second-order valence-electron chi connectivity index (χ2n) is 2.41. The van der Waals surface area contributed by atoms with Crippen LogP contribution < -0.4 is 29.6 Å². The van der Waals surface area contributed by atoms with E-state index in [0.29, 0.717) is 16.2 Å². The molecule has 0 saturated carbocycles. The molecule has 0 aromatic heterocycles. The molecule has 0 heterocycles. The number of unbranched alkanes of at least 4 members (excludes halogenated alkanes) is 5. The Hall–Kier alpha value is 1.33. The van der Waals surface area contributed by atoms with Gasteiger partial charge in [-0.25, -0.2) is 0 Å². The Labute approximate surface area is 103 Å². The van der Waals surface area contributed by atoms with Crippen molar-refractivity contribution in [1.29, 1.82) is 0 Å². The van der Waals surface area contributed by atoms with Crippen LogP contribution in [0.3, 0.4) is 0 Å². The molecule has 1 nitrogen and oxygen atoms in total. The summed E-state index contributed by atoms with van der Waals surface area (Å²) in [5.41, 5.74) is 0. The maximum absolute atomic E-state index is 8.28. The third-order valence-corrected chi connectivity index (χ3v) is 1.46. The van der Waals surface area contributed by atoms with Gasteiger partial charge in [0.05, 0.1) is 0 Å². The molecule has 0 bridgehead atoms. The molecule has 0 unspecified atom stereocenters. The summed E-state index contributed by atoms with van der Waals surface area (Å²) in [5, 5.41) is 0. The van der Waals surface area contributed by atoms with E-state index in [9.17, 15) is 0 Å². The van der Waals surface area contributed by atoms with Gasteiger partial charge in [-0.2, -0.15) is 0 Å². The monoisotopic (exact) mass is 182 g/mol. The first-order valence-electron chi connectivity index (χ1n) is 4.20. The van der Waals surface area contributed by atoms with Crippen molar-refractivity contribution in [2.45, 2.75) is 52.4 Å². The van der Waals surface area contributed by atoms with Crippen LogP contribution in [0.4, 0.5) is 0 Å². The van der Waals surface area contributed by atoms with Crippen molar-refractivity contribution in [1.82, 2.24) is 0 Å². The van der Waals surface area contributed by atoms with E-state index < -0.39 is 0 Å². The van der Waals surface area contributed by atoms with Gasteiger partial charge in [0.15, 0.2) is 0 Å². The van der Waals surface area contributed by atoms with Gasteiger partial charge in [0.1, 0.15) is 0 Å². The van der Waals surface area contributed by atoms with Crippen LogP contribution in [0.25, 0.3) is 0 Å². The summed E-state index contributed by atoms with van der Waals surface area (Å²) in [5.74, 6) is 0. The van der Waals surface area contributed by atoms with E-state index in [1.807, 2.05) is 0 Å². The van der Waals surface area contributed by atoms with Gasteiger partial charge in [-0.05, 0) is 0 Å². The molecular weight excluding hydrogens is 162 g/mol. The van der Waals surface area contributed by atoms with Gasteiger partial charge in [0, 0.05) is 0 Å². The minimum absolute atomic E-state index is 0. The molecule has 11 heavy (non-hydrogen) atoms. The third-order valence-electron chi connectivity index (χ3n) is 1.46. The molecule has 62 valence electrons. The standard InChI is InChI=1S/C8H18.Al.Na.O.2H/c1-3-5-7-8-6-4-2;;;;;/h3-8H2,1-2H3;;;;;/q;;+1;;;-1. The summed E-state index contributed by atoms with van der Waals surface area (Å²) in [6, 6.07) is 0. The van der Waals surface area contributed by atoms with E-state index >= 15 is 0 Å². The number of hydrogen-bond acceptors (Lipinski definition) is 1. The zero-order valence-electron chi connectivity index (χ0n) is 9.36. The van der Waals surface area contributed by atoms with Gasteiger partial charge in [-0.1, -0.05) is 52.4 Å². The van der Waals surface area contributed by atoms with E-state index in [1.165, 1.54) is 38.5 Å². The molecule has 0 aliphatic heterocycles. The van der Waals surface area contributed by atoms with Crippen molar-refractivity contribution in [3.8, 4) is 0 Å². The van der Waals surface area contributed by atoms with Gasteiger partial charge in [-0.3, -0.25) is 0 Å². The van der Waals surface area contributed by atoms with Gasteiger partial charge >= 0.3 is 49.6 Å². The predicted octanol–water partition coefficient (Wildman–Crippen LogP) is -0.284. The molecule has 0 radical (unpaired) electrons. The van der Waals surface area contributed by atoms with E-state index in [1.54, 1.807) is 0 Å². The Morgan fingerprint density at radius 2 is 1.18 bits per heavy atom. The van der Waals surface area contributed by atoms with Crippen LogP contribution >= 0.6 is 0 Å². The molecule has 0 N–H and O–H groups in total. The summed E-state index contributed by atoms with van der Waals surface area (Å²) >= 11 is 0.611. The first-order chi connectivity index (χ1) is 4.91. The predicted molar refractivity (Wildman–Crippen MR) is 48.0 cm³/mol. The van der Waals surface area contributed by atoms with Gasteiger partial charge < -0.3 is 1.43 Å². The summed E-state index contributed by atoms with van der Waals surface area (Å²) in [4.78, 5) is 0. The first kappa shape index (κ1) is 18.2. The molecule has 0 aliphatic carbocycles. The topological polar surface area (TPSA) is 17.1 Å². The van der Waals surface area contributed by atoms with Crippen LogP contribution in [-0.4, -0.2) is 16.2 Å². The Bertz CT molecular complexity index is 52.3. The summed E-state index contributed by atoms with van der Waals surface area (Å²) in [6.07, 6.45) is 8.49. The summed E-state index contributed by atoms with van der Waals surface area (Å²) in [6.45, 7) is 4.51. The van der Waals surface area contributed by atoms with Crippen LogP contribution in [-0.2, 0) is 3.80 Å². The summed E-state index contributed by atoms with van der Waals surface area (Å²) in [7, 11) is 0. The molecular formula is C8H20AlNaO. The van der Waals surface area contributed by atoms with Crippen LogP contribution in [0.1, 0.15) is 53.8 Å². The Balaban J connectivity index is -0.0000000740. The second kappa shape index (κ2) is 22.5. The second-order valence-corrected chi connectivity index (χ2v) is 2.41. The molecule has 3 heteroatoms. The van der Waals surface area contributed by atoms with Crippen molar-refractivity contribution >= 4 is 16.2 Å². The van der Waals surface area contributed by atoms with Crippen molar-refractivity contribution in [3.63, 3.8) is 0 Å². The van der Waals surface area contributed by atoms with E-state index in [4.69, 9.17) is 3.80 Å². The first-order valence-corrected chi connectivity index (χ1v) is 4.78. The fourth-order valence-corrected chi connectivity index (χ4v) is 0.854. The maximum atomic E-state index is 8.28. The van der Waals surface area contributed by atoms with E-state index in [0.717, 1.165) is 0 Å². The van der Waals surface area contributed by atoms with E-state index in [2.05, 4.69) is 13.8 Å². The van der Waals surface area contributed by atoms with Crippen LogP contribution in [0, 0.1) is 0 Å². The third kappa shape index (κ3) is 24.6. The average Bonchev–Trinajstić information content (AvgIpc) is 2.02.